The molecule has 2 N–H and O–H groups in total. The van der Waals surface area contributed by atoms with Gasteiger partial charge in [-0.25, -0.2) is 9.78 Å². The van der Waals surface area contributed by atoms with E-state index < -0.39 is 5.97 Å². The van der Waals surface area contributed by atoms with Crippen molar-refractivity contribution in [3.05, 3.63) is 38.8 Å². The maximum Gasteiger partial charge on any atom is 0.355 e. The Hall–Kier alpha value is -1.40. The number of carboxylic acids is 1. The highest BCUT2D eigenvalue weighted by molar-refractivity contribution is 9.10. The van der Waals surface area contributed by atoms with Crippen molar-refractivity contribution in [2.45, 2.75) is 13.8 Å². The van der Waals surface area contributed by atoms with Gasteiger partial charge in [0.2, 0.25) is 0 Å². The molecule has 0 saturated heterocycles. The van der Waals surface area contributed by atoms with Gasteiger partial charge in [-0.3, -0.25) is 0 Å². The van der Waals surface area contributed by atoms with Crippen molar-refractivity contribution in [1.29, 1.82) is 0 Å². The van der Waals surface area contributed by atoms with Crippen molar-refractivity contribution >= 4 is 44.1 Å². The molecular formula is C12H11BrN2O2S. The molecule has 18 heavy (non-hydrogen) atoms. The van der Waals surface area contributed by atoms with Crippen LogP contribution < -0.4 is 5.32 Å². The van der Waals surface area contributed by atoms with Gasteiger partial charge in [0.1, 0.15) is 0 Å². The van der Waals surface area contributed by atoms with Gasteiger partial charge in [0.15, 0.2) is 10.8 Å². The number of nitrogens with one attached hydrogen (secondary N) is 1. The number of nitrogens with zero attached hydrogens (tertiary/aromatic N) is 1. The Kier molecular flexibility index (Phi) is 3.68. The van der Waals surface area contributed by atoms with Crippen molar-refractivity contribution in [2.75, 3.05) is 5.32 Å². The number of aryl methyl sites for hydroxylation is 2. The number of aromatic nitrogens is 1. The smallest absolute Gasteiger partial charge is 0.355 e. The molecule has 1 heterocycles. The van der Waals surface area contributed by atoms with Crippen molar-refractivity contribution in [3.8, 4) is 0 Å². The number of aromatic carboxylic acids is 1. The predicted molar refractivity (Wildman–Crippen MR) is 76.0 cm³/mol. The van der Waals surface area contributed by atoms with Gasteiger partial charge < -0.3 is 10.4 Å². The summed E-state index contributed by atoms with van der Waals surface area (Å²) >= 11 is 4.76. The first kappa shape index (κ1) is 13.0. The SMILES string of the molecule is Cc1cc(Nc2nc(C(=O)O)c(C)s2)ccc1Br. The molecule has 4 nitrogen and oxygen atoms in total. The van der Waals surface area contributed by atoms with Crippen LogP contribution in [0.1, 0.15) is 20.9 Å². The molecule has 0 amide bonds. The van der Waals surface area contributed by atoms with Crippen LogP contribution in [0.25, 0.3) is 0 Å². The molecule has 2 aromatic rings. The van der Waals surface area contributed by atoms with Crippen molar-refractivity contribution in [2.24, 2.45) is 0 Å². The maximum atomic E-state index is 10.9. The molecule has 1 aromatic carbocycles. The second-order valence-electron chi connectivity index (χ2n) is 3.82. The summed E-state index contributed by atoms with van der Waals surface area (Å²) in [6.45, 7) is 3.74. The lowest BCUT2D eigenvalue weighted by atomic mass is 10.2. The minimum Gasteiger partial charge on any atom is -0.476 e. The fraction of sp³-hybridized carbons (Fsp3) is 0.167. The fourth-order valence-electron chi connectivity index (χ4n) is 1.49. The van der Waals surface area contributed by atoms with Crippen LogP contribution in [0.5, 0.6) is 0 Å². The van der Waals surface area contributed by atoms with Crippen molar-refractivity contribution in [3.63, 3.8) is 0 Å². The summed E-state index contributed by atoms with van der Waals surface area (Å²) in [4.78, 5) is 15.6. The summed E-state index contributed by atoms with van der Waals surface area (Å²) in [6, 6.07) is 5.83. The summed E-state index contributed by atoms with van der Waals surface area (Å²) < 4.78 is 1.04. The molecule has 0 bridgehead atoms. The highest BCUT2D eigenvalue weighted by Gasteiger charge is 2.14. The zero-order chi connectivity index (χ0) is 13.3. The minimum absolute atomic E-state index is 0.108. The van der Waals surface area contributed by atoms with Crippen LogP contribution in [0.15, 0.2) is 22.7 Å². The van der Waals surface area contributed by atoms with Crippen LogP contribution >= 0.6 is 27.3 Å². The summed E-state index contributed by atoms with van der Waals surface area (Å²) in [5.41, 5.74) is 2.10. The largest absolute Gasteiger partial charge is 0.476 e. The third-order valence-corrected chi connectivity index (χ3v) is 4.18. The number of hydrogen-bond donors (Lipinski definition) is 2. The third-order valence-electron chi connectivity index (χ3n) is 2.41. The molecular weight excluding hydrogens is 316 g/mol. The standard InChI is InChI=1S/C12H11BrN2O2S/c1-6-5-8(3-4-9(6)13)14-12-15-10(11(16)17)7(2)18-12/h3-5H,1-2H3,(H,14,15)(H,16,17). The van der Waals surface area contributed by atoms with Gasteiger partial charge >= 0.3 is 5.97 Å². The van der Waals surface area contributed by atoms with Crippen LogP contribution in [-0.4, -0.2) is 16.1 Å². The van der Waals surface area contributed by atoms with E-state index >= 15 is 0 Å². The second kappa shape index (κ2) is 5.07. The molecule has 1 aromatic heterocycles. The van der Waals surface area contributed by atoms with E-state index in [1.165, 1.54) is 11.3 Å². The Labute approximate surface area is 117 Å². The summed E-state index contributed by atoms with van der Waals surface area (Å²) in [5, 5.41) is 12.6. The lowest BCUT2D eigenvalue weighted by Gasteiger charge is -2.04. The second-order valence-corrected chi connectivity index (χ2v) is 5.88. The van der Waals surface area contributed by atoms with Gasteiger partial charge in [-0.2, -0.15) is 0 Å². The average Bonchev–Trinajstić information content (AvgIpc) is 2.65. The van der Waals surface area contributed by atoms with Gasteiger partial charge in [-0.1, -0.05) is 15.9 Å². The van der Waals surface area contributed by atoms with Crippen LogP contribution in [0.3, 0.4) is 0 Å². The van der Waals surface area contributed by atoms with Gasteiger partial charge in [-0.15, -0.1) is 11.3 Å². The van der Waals surface area contributed by atoms with E-state index in [-0.39, 0.29) is 5.69 Å². The van der Waals surface area contributed by atoms with Crippen LogP contribution in [0.4, 0.5) is 10.8 Å². The first-order valence-corrected chi connectivity index (χ1v) is 6.82. The fourth-order valence-corrected chi connectivity index (χ4v) is 2.57. The molecule has 0 atom stereocenters. The van der Waals surface area contributed by atoms with Gasteiger partial charge in [0.25, 0.3) is 0 Å². The summed E-state index contributed by atoms with van der Waals surface area (Å²) in [7, 11) is 0. The van der Waals surface area contributed by atoms with Gasteiger partial charge in [0.05, 0.1) is 0 Å². The van der Waals surface area contributed by atoms with Crippen LogP contribution in [0.2, 0.25) is 0 Å². The molecule has 6 heteroatoms. The minimum atomic E-state index is -0.996. The maximum absolute atomic E-state index is 10.9. The molecule has 0 aliphatic rings. The molecule has 94 valence electrons. The number of halogens is 1. The highest BCUT2D eigenvalue weighted by Crippen LogP contribution is 2.27. The molecule has 0 fully saturated rings. The predicted octanol–water partition coefficient (Wildman–Crippen LogP) is 3.96. The Morgan fingerprint density at radius 1 is 1.44 bits per heavy atom. The Morgan fingerprint density at radius 2 is 2.17 bits per heavy atom. The molecule has 0 unspecified atom stereocenters. The number of anilines is 2. The molecule has 2 rings (SSSR count). The van der Waals surface area contributed by atoms with E-state index in [9.17, 15) is 4.79 Å². The topological polar surface area (TPSA) is 62.2 Å². The molecule has 0 saturated carbocycles. The lowest BCUT2D eigenvalue weighted by molar-refractivity contribution is 0.0690. The molecule has 0 radical (unpaired) electrons. The van der Waals surface area contributed by atoms with E-state index in [0.717, 1.165) is 15.7 Å². The molecule has 0 spiro atoms. The Balaban J connectivity index is 2.26. The molecule has 0 aliphatic carbocycles. The quantitative estimate of drug-likeness (QED) is 0.896. The summed E-state index contributed by atoms with van der Waals surface area (Å²) in [5.74, 6) is -0.996. The van der Waals surface area contributed by atoms with E-state index in [0.29, 0.717) is 10.0 Å². The number of hydrogen-bond acceptors (Lipinski definition) is 4. The van der Waals surface area contributed by atoms with E-state index in [1.807, 2.05) is 25.1 Å². The van der Waals surface area contributed by atoms with Gasteiger partial charge in [0, 0.05) is 15.0 Å². The van der Waals surface area contributed by atoms with E-state index in [1.54, 1.807) is 6.92 Å². The van der Waals surface area contributed by atoms with Crippen LogP contribution in [0, 0.1) is 13.8 Å². The zero-order valence-corrected chi connectivity index (χ0v) is 12.2. The van der Waals surface area contributed by atoms with Crippen LogP contribution in [-0.2, 0) is 0 Å². The Bertz CT molecular complexity index is 610. The number of thiazole rings is 1. The summed E-state index contributed by atoms with van der Waals surface area (Å²) in [6.07, 6.45) is 0. The number of carbonyl (C=O) groups is 1. The average molecular weight is 327 g/mol. The van der Waals surface area contributed by atoms with Crippen molar-refractivity contribution < 1.29 is 9.90 Å². The Morgan fingerprint density at radius 3 is 2.72 bits per heavy atom. The number of benzene rings is 1. The first-order chi connectivity index (χ1) is 8.47. The lowest BCUT2D eigenvalue weighted by Crippen LogP contribution is -1.99. The number of carboxylic acid groups (broad SMARTS) is 1. The zero-order valence-electron chi connectivity index (χ0n) is 9.82. The first-order valence-electron chi connectivity index (χ1n) is 5.21. The van der Waals surface area contributed by atoms with Crippen molar-refractivity contribution in [1.82, 2.24) is 4.98 Å². The van der Waals surface area contributed by atoms with E-state index in [2.05, 4.69) is 26.2 Å². The monoisotopic (exact) mass is 326 g/mol. The molecule has 0 aliphatic heterocycles. The van der Waals surface area contributed by atoms with E-state index in [4.69, 9.17) is 5.11 Å². The normalized spacial score (nSPS) is 10.4. The highest BCUT2D eigenvalue weighted by atomic mass is 79.9. The van der Waals surface area contributed by atoms with Gasteiger partial charge in [-0.05, 0) is 37.6 Å². The third kappa shape index (κ3) is 2.70. The number of rotatable bonds is 3.